The smallest absolute Gasteiger partial charge is 0.0777 e. The summed E-state index contributed by atoms with van der Waals surface area (Å²) in [5.74, 6) is 0. The SMILES string of the molecule is COC1(C)CCCN(C(CN)c2ccc(C(C)(C)C)s2)C1. The molecule has 0 aliphatic carbocycles. The summed E-state index contributed by atoms with van der Waals surface area (Å²) >= 11 is 1.91. The highest BCUT2D eigenvalue weighted by atomic mass is 32.1. The van der Waals surface area contributed by atoms with Gasteiger partial charge in [-0.3, -0.25) is 4.90 Å². The Labute approximate surface area is 133 Å². The van der Waals surface area contributed by atoms with Crippen molar-refractivity contribution in [3.05, 3.63) is 21.9 Å². The molecule has 0 radical (unpaired) electrons. The van der Waals surface area contributed by atoms with Crippen molar-refractivity contribution in [2.45, 2.75) is 57.6 Å². The van der Waals surface area contributed by atoms with Crippen LogP contribution >= 0.6 is 11.3 Å². The van der Waals surface area contributed by atoms with Crippen molar-refractivity contribution >= 4 is 11.3 Å². The number of rotatable bonds is 4. The van der Waals surface area contributed by atoms with E-state index in [1.165, 1.54) is 16.2 Å². The van der Waals surface area contributed by atoms with Gasteiger partial charge in [-0.05, 0) is 43.9 Å². The Morgan fingerprint density at radius 2 is 2.14 bits per heavy atom. The fourth-order valence-electron chi connectivity index (χ4n) is 3.06. The maximum absolute atomic E-state index is 6.11. The van der Waals surface area contributed by atoms with Crippen LogP contribution in [0.1, 0.15) is 56.3 Å². The van der Waals surface area contributed by atoms with E-state index in [1.807, 2.05) is 18.4 Å². The van der Waals surface area contributed by atoms with Gasteiger partial charge in [-0.15, -0.1) is 11.3 Å². The molecule has 2 atom stereocenters. The van der Waals surface area contributed by atoms with E-state index in [9.17, 15) is 0 Å². The second-order valence-electron chi connectivity index (χ2n) is 7.43. The fraction of sp³-hybridized carbons (Fsp3) is 0.765. The molecule has 1 aliphatic rings. The molecule has 120 valence electrons. The molecular weight excluding hydrogens is 280 g/mol. The van der Waals surface area contributed by atoms with Gasteiger partial charge in [0.25, 0.3) is 0 Å². The Kier molecular flexibility index (Phi) is 5.14. The van der Waals surface area contributed by atoms with Crippen LogP contribution in [0, 0.1) is 0 Å². The van der Waals surface area contributed by atoms with Gasteiger partial charge < -0.3 is 10.5 Å². The van der Waals surface area contributed by atoms with Gasteiger partial charge >= 0.3 is 0 Å². The number of methoxy groups -OCH3 is 1. The van der Waals surface area contributed by atoms with Crippen LogP contribution in [0.25, 0.3) is 0 Å². The zero-order valence-electron chi connectivity index (χ0n) is 14.1. The lowest BCUT2D eigenvalue weighted by atomic mass is 9.93. The minimum absolute atomic E-state index is 0.0320. The zero-order valence-corrected chi connectivity index (χ0v) is 14.9. The van der Waals surface area contributed by atoms with Gasteiger partial charge in [0.05, 0.1) is 11.6 Å². The summed E-state index contributed by atoms with van der Waals surface area (Å²) < 4.78 is 5.72. The molecule has 2 heterocycles. The van der Waals surface area contributed by atoms with E-state index in [-0.39, 0.29) is 11.0 Å². The maximum atomic E-state index is 6.11. The normalized spacial score (nSPS) is 26.0. The molecule has 0 spiro atoms. The number of piperidine rings is 1. The topological polar surface area (TPSA) is 38.5 Å². The lowest BCUT2D eigenvalue weighted by Gasteiger charge is -2.42. The molecule has 1 aromatic heterocycles. The summed E-state index contributed by atoms with van der Waals surface area (Å²) in [7, 11) is 1.82. The van der Waals surface area contributed by atoms with Crippen molar-refractivity contribution in [2.24, 2.45) is 5.73 Å². The number of ether oxygens (including phenoxy) is 1. The average Bonchev–Trinajstić information content (AvgIpc) is 2.89. The first-order valence-corrected chi connectivity index (χ1v) is 8.70. The fourth-order valence-corrected chi connectivity index (χ4v) is 4.27. The van der Waals surface area contributed by atoms with Crippen molar-refractivity contribution in [3.8, 4) is 0 Å². The van der Waals surface area contributed by atoms with E-state index in [0.29, 0.717) is 12.6 Å². The monoisotopic (exact) mass is 310 g/mol. The van der Waals surface area contributed by atoms with E-state index >= 15 is 0 Å². The van der Waals surface area contributed by atoms with Crippen LogP contribution in [0.4, 0.5) is 0 Å². The van der Waals surface area contributed by atoms with Crippen LogP contribution in [0.3, 0.4) is 0 Å². The summed E-state index contributed by atoms with van der Waals surface area (Å²) in [6.07, 6.45) is 2.31. The molecule has 0 saturated carbocycles. The van der Waals surface area contributed by atoms with Crippen molar-refractivity contribution in [2.75, 3.05) is 26.7 Å². The van der Waals surface area contributed by atoms with Crippen LogP contribution in [0.15, 0.2) is 12.1 Å². The summed E-state index contributed by atoms with van der Waals surface area (Å²) in [4.78, 5) is 5.33. The number of nitrogens with two attached hydrogens (primary N) is 1. The van der Waals surface area contributed by atoms with Gasteiger partial charge in [0, 0.05) is 30.0 Å². The number of hydrogen-bond donors (Lipinski definition) is 1. The molecule has 1 aromatic rings. The molecule has 2 N–H and O–H groups in total. The van der Waals surface area contributed by atoms with Crippen molar-refractivity contribution in [1.82, 2.24) is 4.90 Å². The van der Waals surface area contributed by atoms with Gasteiger partial charge in [-0.25, -0.2) is 0 Å². The van der Waals surface area contributed by atoms with Gasteiger partial charge in [0.15, 0.2) is 0 Å². The van der Waals surface area contributed by atoms with E-state index in [0.717, 1.165) is 19.5 Å². The minimum atomic E-state index is -0.0320. The molecule has 21 heavy (non-hydrogen) atoms. The van der Waals surface area contributed by atoms with Crippen molar-refractivity contribution in [3.63, 3.8) is 0 Å². The molecule has 1 aliphatic heterocycles. The summed E-state index contributed by atoms with van der Waals surface area (Å²) in [6.45, 7) is 11.8. The third-order valence-corrected chi connectivity index (χ3v) is 6.15. The molecule has 2 unspecified atom stereocenters. The first kappa shape index (κ1) is 16.9. The molecule has 1 saturated heterocycles. The molecule has 2 rings (SSSR count). The first-order chi connectivity index (χ1) is 9.79. The van der Waals surface area contributed by atoms with Crippen molar-refractivity contribution < 1.29 is 4.74 Å². The Hall–Kier alpha value is -0.420. The maximum Gasteiger partial charge on any atom is 0.0777 e. The number of nitrogens with zero attached hydrogens (tertiary/aromatic N) is 1. The molecule has 0 amide bonds. The average molecular weight is 311 g/mol. The molecule has 1 fully saturated rings. The van der Waals surface area contributed by atoms with Crippen LogP contribution in [0.5, 0.6) is 0 Å². The van der Waals surface area contributed by atoms with Crippen LogP contribution in [-0.4, -0.2) is 37.2 Å². The predicted molar refractivity (Wildman–Crippen MR) is 91.0 cm³/mol. The number of likely N-dealkylation sites (tertiary alicyclic amines) is 1. The predicted octanol–water partition coefficient (Wildman–Crippen LogP) is 3.55. The highest BCUT2D eigenvalue weighted by Gasteiger charge is 2.34. The van der Waals surface area contributed by atoms with Crippen LogP contribution in [-0.2, 0) is 10.2 Å². The molecular formula is C17H30N2OS. The molecule has 4 heteroatoms. The summed E-state index contributed by atoms with van der Waals surface area (Å²) in [5, 5.41) is 0. The van der Waals surface area contributed by atoms with Gasteiger partial charge in [0.1, 0.15) is 0 Å². The number of hydrogen-bond acceptors (Lipinski definition) is 4. The Morgan fingerprint density at radius 1 is 1.43 bits per heavy atom. The third-order valence-electron chi connectivity index (χ3n) is 4.54. The quantitative estimate of drug-likeness (QED) is 0.924. The highest BCUT2D eigenvalue weighted by Crippen LogP contribution is 2.36. The Bertz CT molecular complexity index is 466. The van der Waals surface area contributed by atoms with Gasteiger partial charge in [0.2, 0.25) is 0 Å². The zero-order chi connectivity index (χ0) is 15.7. The molecule has 0 bridgehead atoms. The van der Waals surface area contributed by atoms with E-state index < -0.39 is 0 Å². The van der Waals surface area contributed by atoms with E-state index in [2.05, 4.69) is 44.7 Å². The molecule has 0 aromatic carbocycles. The largest absolute Gasteiger partial charge is 0.377 e. The lowest BCUT2D eigenvalue weighted by molar-refractivity contribution is -0.0605. The Balaban J connectivity index is 2.18. The van der Waals surface area contributed by atoms with Crippen LogP contribution in [0.2, 0.25) is 0 Å². The highest BCUT2D eigenvalue weighted by molar-refractivity contribution is 7.12. The second-order valence-corrected chi connectivity index (χ2v) is 8.55. The lowest BCUT2D eigenvalue weighted by Crippen LogP contribution is -2.49. The van der Waals surface area contributed by atoms with Gasteiger partial charge in [-0.1, -0.05) is 20.8 Å². The third kappa shape index (κ3) is 3.86. The van der Waals surface area contributed by atoms with E-state index in [4.69, 9.17) is 10.5 Å². The molecule has 3 nitrogen and oxygen atoms in total. The number of thiophene rings is 1. The van der Waals surface area contributed by atoms with E-state index in [1.54, 1.807) is 0 Å². The Morgan fingerprint density at radius 3 is 2.67 bits per heavy atom. The second kappa shape index (κ2) is 6.37. The van der Waals surface area contributed by atoms with Crippen LogP contribution < -0.4 is 5.73 Å². The van der Waals surface area contributed by atoms with Crippen molar-refractivity contribution in [1.29, 1.82) is 0 Å². The standard InChI is InChI=1S/C17H30N2OS/c1-16(2,3)15-8-7-14(21-15)13(11-18)19-10-6-9-17(4,12-19)20-5/h7-8,13H,6,9-12,18H2,1-5H3. The van der Waals surface area contributed by atoms with Gasteiger partial charge in [-0.2, -0.15) is 0 Å². The summed E-state index contributed by atoms with van der Waals surface area (Å²) in [6, 6.07) is 4.85. The first-order valence-electron chi connectivity index (χ1n) is 7.88. The summed E-state index contributed by atoms with van der Waals surface area (Å²) in [5.41, 5.74) is 6.29. The minimum Gasteiger partial charge on any atom is -0.377 e.